The van der Waals surface area contributed by atoms with Gasteiger partial charge in [0.15, 0.2) is 0 Å². The number of carbonyl (C=O) groups excluding carboxylic acids is 1. The van der Waals surface area contributed by atoms with E-state index in [9.17, 15) is 9.18 Å². The molecule has 4 rings (SSSR count). The summed E-state index contributed by atoms with van der Waals surface area (Å²) in [5, 5.41) is 2.88. The number of hydrogen-bond acceptors (Lipinski definition) is 3. The molecule has 1 fully saturated rings. The lowest BCUT2D eigenvalue weighted by Crippen LogP contribution is -2.44. The molecule has 1 heterocycles. The van der Waals surface area contributed by atoms with Gasteiger partial charge in [0.1, 0.15) is 23.4 Å². The topological polar surface area (TPSA) is 50.8 Å². The number of rotatable bonds is 4. The third-order valence-corrected chi connectivity index (χ3v) is 4.67. The lowest BCUT2D eigenvalue weighted by Gasteiger charge is -2.33. The van der Waals surface area contributed by atoms with Gasteiger partial charge in [-0.1, -0.05) is 42.5 Å². The molecule has 3 aromatic rings. The smallest absolute Gasteiger partial charge is 0.322 e. The molecule has 1 atom stereocenters. The SMILES string of the molecule is O=C(Nc1cccc(Oc2ccccc2)c1)N1CCOC(c2ccccc2F)C1. The minimum atomic E-state index is -0.483. The van der Waals surface area contributed by atoms with E-state index >= 15 is 0 Å². The van der Waals surface area contributed by atoms with Crippen molar-refractivity contribution in [2.45, 2.75) is 6.10 Å². The maximum atomic E-state index is 14.1. The summed E-state index contributed by atoms with van der Waals surface area (Å²) in [7, 11) is 0. The van der Waals surface area contributed by atoms with Gasteiger partial charge in [-0.15, -0.1) is 0 Å². The molecule has 0 aliphatic carbocycles. The first kappa shape index (κ1) is 19.0. The van der Waals surface area contributed by atoms with E-state index in [-0.39, 0.29) is 18.4 Å². The summed E-state index contributed by atoms with van der Waals surface area (Å²) in [5.41, 5.74) is 1.08. The Morgan fingerprint density at radius 3 is 2.59 bits per heavy atom. The highest BCUT2D eigenvalue weighted by Crippen LogP contribution is 2.26. The quantitative estimate of drug-likeness (QED) is 0.662. The molecule has 1 aliphatic rings. The molecule has 1 unspecified atom stereocenters. The highest BCUT2D eigenvalue weighted by atomic mass is 19.1. The monoisotopic (exact) mass is 392 g/mol. The lowest BCUT2D eigenvalue weighted by molar-refractivity contribution is -0.0152. The predicted molar refractivity (Wildman–Crippen MR) is 109 cm³/mol. The number of urea groups is 1. The van der Waals surface area contributed by atoms with Gasteiger partial charge in [-0.05, 0) is 30.3 Å². The second kappa shape index (κ2) is 8.75. The van der Waals surface area contributed by atoms with Crippen LogP contribution in [0.3, 0.4) is 0 Å². The molecule has 2 amide bonds. The van der Waals surface area contributed by atoms with Crippen molar-refractivity contribution in [1.82, 2.24) is 4.90 Å². The number of carbonyl (C=O) groups is 1. The van der Waals surface area contributed by atoms with Gasteiger partial charge in [-0.2, -0.15) is 0 Å². The third-order valence-electron chi connectivity index (χ3n) is 4.67. The number of ether oxygens (including phenoxy) is 2. The molecule has 148 valence electrons. The second-order valence-electron chi connectivity index (χ2n) is 6.70. The summed E-state index contributed by atoms with van der Waals surface area (Å²) in [6.07, 6.45) is -0.483. The molecule has 3 aromatic carbocycles. The van der Waals surface area contributed by atoms with Gasteiger partial charge in [0.25, 0.3) is 0 Å². The zero-order valence-corrected chi connectivity index (χ0v) is 15.8. The number of nitrogens with zero attached hydrogens (tertiary/aromatic N) is 1. The Morgan fingerprint density at radius 1 is 1.00 bits per heavy atom. The maximum Gasteiger partial charge on any atom is 0.322 e. The predicted octanol–water partition coefficient (Wildman–Crippen LogP) is 5.22. The van der Waals surface area contributed by atoms with Crippen LogP contribution in [0.15, 0.2) is 78.9 Å². The van der Waals surface area contributed by atoms with E-state index in [2.05, 4.69) is 5.32 Å². The van der Waals surface area contributed by atoms with Crippen LogP contribution in [0.5, 0.6) is 11.5 Å². The lowest BCUT2D eigenvalue weighted by atomic mass is 10.1. The summed E-state index contributed by atoms with van der Waals surface area (Å²) in [6.45, 7) is 1.08. The van der Waals surface area contributed by atoms with Crippen LogP contribution in [0.1, 0.15) is 11.7 Å². The average molecular weight is 392 g/mol. The number of amides is 2. The molecule has 6 heteroatoms. The third kappa shape index (κ3) is 4.73. The largest absolute Gasteiger partial charge is 0.457 e. The summed E-state index contributed by atoms with van der Waals surface area (Å²) in [4.78, 5) is 14.4. The van der Waals surface area contributed by atoms with E-state index in [1.54, 1.807) is 35.2 Å². The van der Waals surface area contributed by atoms with Gasteiger partial charge in [-0.3, -0.25) is 0 Å². The highest BCUT2D eigenvalue weighted by Gasteiger charge is 2.27. The van der Waals surface area contributed by atoms with E-state index in [0.717, 1.165) is 5.75 Å². The first-order valence-corrected chi connectivity index (χ1v) is 9.44. The second-order valence-corrected chi connectivity index (χ2v) is 6.70. The molecule has 29 heavy (non-hydrogen) atoms. The summed E-state index contributed by atoms with van der Waals surface area (Å²) >= 11 is 0. The Bertz CT molecular complexity index is 981. The van der Waals surface area contributed by atoms with Gasteiger partial charge in [0.05, 0.1) is 13.2 Å². The van der Waals surface area contributed by atoms with Crippen molar-refractivity contribution in [2.75, 3.05) is 25.0 Å². The molecule has 1 N–H and O–H groups in total. The van der Waals surface area contributed by atoms with E-state index < -0.39 is 6.10 Å². The average Bonchev–Trinajstić information content (AvgIpc) is 2.75. The van der Waals surface area contributed by atoms with Crippen molar-refractivity contribution < 1.29 is 18.7 Å². The fourth-order valence-electron chi connectivity index (χ4n) is 3.22. The minimum Gasteiger partial charge on any atom is -0.457 e. The van der Waals surface area contributed by atoms with Crippen LogP contribution in [0, 0.1) is 5.82 Å². The number of hydrogen-bond donors (Lipinski definition) is 1. The normalized spacial score (nSPS) is 16.3. The Morgan fingerprint density at radius 2 is 1.76 bits per heavy atom. The number of benzene rings is 3. The van der Waals surface area contributed by atoms with Gasteiger partial charge in [-0.25, -0.2) is 9.18 Å². The van der Waals surface area contributed by atoms with Crippen molar-refractivity contribution in [3.05, 3.63) is 90.2 Å². The highest BCUT2D eigenvalue weighted by molar-refractivity contribution is 5.89. The van der Waals surface area contributed by atoms with Gasteiger partial charge < -0.3 is 19.7 Å². The molecule has 0 spiro atoms. The molecule has 0 bridgehead atoms. The van der Waals surface area contributed by atoms with Crippen molar-refractivity contribution in [1.29, 1.82) is 0 Å². The van der Waals surface area contributed by atoms with Gasteiger partial charge in [0, 0.05) is 23.9 Å². The van der Waals surface area contributed by atoms with Crippen LogP contribution in [0.25, 0.3) is 0 Å². The van der Waals surface area contributed by atoms with Crippen molar-refractivity contribution in [3.8, 4) is 11.5 Å². The summed E-state index contributed by atoms with van der Waals surface area (Å²) in [5.74, 6) is 1.02. The zero-order chi connectivity index (χ0) is 20.1. The molecule has 0 radical (unpaired) electrons. The van der Waals surface area contributed by atoms with Crippen LogP contribution in [-0.4, -0.2) is 30.6 Å². The molecule has 5 nitrogen and oxygen atoms in total. The van der Waals surface area contributed by atoms with Crippen LogP contribution in [0.4, 0.5) is 14.9 Å². The summed E-state index contributed by atoms with van der Waals surface area (Å²) < 4.78 is 25.5. The molecule has 1 saturated heterocycles. The number of halogens is 1. The molecular weight excluding hydrogens is 371 g/mol. The Hall–Kier alpha value is -3.38. The fraction of sp³-hybridized carbons (Fsp3) is 0.174. The molecule has 1 aliphatic heterocycles. The summed E-state index contributed by atoms with van der Waals surface area (Å²) in [6, 6.07) is 22.9. The fourth-order valence-corrected chi connectivity index (χ4v) is 3.22. The maximum absolute atomic E-state index is 14.1. The first-order valence-electron chi connectivity index (χ1n) is 9.44. The Balaban J connectivity index is 1.41. The van der Waals surface area contributed by atoms with Gasteiger partial charge in [0.2, 0.25) is 0 Å². The van der Waals surface area contributed by atoms with E-state index in [1.165, 1.54) is 6.07 Å². The number of morpholine rings is 1. The zero-order valence-electron chi connectivity index (χ0n) is 15.8. The van der Waals surface area contributed by atoms with E-state index in [1.807, 2.05) is 42.5 Å². The number of para-hydroxylation sites is 1. The molecular formula is C23H21FN2O3. The number of nitrogens with one attached hydrogen (secondary N) is 1. The van der Waals surface area contributed by atoms with Crippen molar-refractivity contribution >= 4 is 11.7 Å². The first-order chi connectivity index (χ1) is 14.2. The van der Waals surface area contributed by atoms with Crippen LogP contribution in [0.2, 0.25) is 0 Å². The number of anilines is 1. The minimum absolute atomic E-state index is 0.258. The van der Waals surface area contributed by atoms with Gasteiger partial charge >= 0.3 is 6.03 Å². The van der Waals surface area contributed by atoms with Crippen molar-refractivity contribution in [3.63, 3.8) is 0 Å². The standard InChI is InChI=1S/C23H21FN2O3/c24-21-12-5-4-11-20(21)22-16-26(13-14-28-22)23(27)25-17-7-6-10-19(15-17)29-18-8-2-1-3-9-18/h1-12,15,22H,13-14,16H2,(H,25,27). The molecule has 0 saturated carbocycles. The Kier molecular flexibility index (Phi) is 5.72. The van der Waals surface area contributed by atoms with Crippen LogP contribution in [-0.2, 0) is 4.74 Å². The van der Waals surface area contributed by atoms with Crippen LogP contribution >= 0.6 is 0 Å². The van der Waals surface area contributed by atoms with E-state index in [0.29, 0.717) is 30.2 Å². The van der Waals surface area contributed by atoms with Crippen LogP contribution < -0.4 is 10.1 Å². The Labute approximate surface area is 168 Å². The van der Waals surface area contributed by atoms with E-state index in [4.69, 9.17) is 9.47 Å². The molecule has 0 aromatic heterocycles. The van der Waals surface area contributed by atoms with Crippen molar-refractivity contribution in [2.24, 2.45) is 0 Å².